The summed E-state index contributed by atoms with van der Waals surface area (Å²) in [6.45, 7) is 3.57. The lowest BCUT2D eigenvalue weighted by Crippen LogP contribution is -2.24. The SMILES string of the molecule is Cc1ccc(S(=O)(=O)OC[C@H](C)N)cc1. The van der Waals surface area contributed by atoms with Crippen molar-refractivity contribution in [3.8, 4) is 0 Å². The van der Waals surface area contributed by atoms with E-state index in [-0.39, 0.29) is 17.5 Å². The number of hydrogen-bond acceptors (Lipinski definition) is 4. The lowest BCUT2D eigenvalue weighted by molar-refractivity contribution is 0.298. The Balaban J connectivity index is 2.82. The smallest absolute Gasteiger partial charge is 0.297 e. The Morgan fingerprint density at radius 2 is 1.87 bits per heavy atom. The molecule has 0 saturated heterocycles. The van der Waals surface area contributed by atoms with Crippen LogP contribution in [0.4, 0.5) is 0 Å². The highest BCUT2D eigenvalue weighted by atomic mass is 32.2. The molecule has 0 bridgehead atoms. The number of benzene rings is 1. The third-order valence-electron chi connectivity index (χ3n) is 1.80. The van der Waals surface area contributed by atoms with Gasteiger partial charge >= 0.3 is 0 Å². The molecule has 0 spiro atoms. The van der Waals surface area contributed by atoms with Gasteiger partial charge in [-0.15, -0.1) is 0 Å². The van der Waals surface area contributed by atoms with Gasteiger partial charge < -0.3 is 5.73 Å². The van der Waals surface area contributed by atoms with Crippen LogP contribution in [0.3, 0.4) is 0 Å². The van der Waals surface area contributed by atoms with Gasteiger partial charge in [0.1, 0.15) is 0 Å². The molecule has 1 aromatic carbocycles. The Hall–Kier alpha value is -0.910. The van der Waals surface area contributed by atoms with Gasteiger partial charge in [-0.25, -0.2) is 0 Å². The molecule has 0 aliphatic heterocycles. The van der Waals surface area contributed by atoms with Gasteiger partial charge in [0, 0.05) is 6.04 Å². The summed E-state index contributed by atoms with van der Waals surface area (Å²) in [6, 6.07) is 6.19. The zero-order chi connectivity index (χ0) is 11.5. The van der Waals surface area contributed by atoms with E-state index in [4.69, 9.17) is 9.92 Å². The van der Waals surface area contributed by atoms with E-state index in [0.717, 1.165) is 5.56 Å². The maximum atomic E-state index is 11.6. The van der Waals surface area contributed by atoms with E-state index in [0.29, 0.717) is 0 Å². The third-order valence-corrected chi connectivity index (χ3v) is 3.09. The molecule has 0 unspecified atom stereocenters. The van der Waals surface area contributed by atoms with Crippen LogP contribution in [0.1, 0.15) is 12.5 Å². The van der Waals surface area contributed by atoms with Crippen molar-refractivity contribution in [3.63, 3.8) is 0 Å². The van der Waals surface area contributed by atoms with E-state index in [1.807, 2.05) is 6.92 Å². The Labute approximate surface area is 90.2 Å². The second kappa shape index (κ2) is 4.74. The normalized spacial score (nSPS) is 13.8. The van der Waals surface area contributed by atoms with Gasteiger partial charge in [0.15, 0.2) is 0 Å². The second-order valence-corrected chi connectivity index (χ2v) is 5.14. The average Bonchev–Trinajstić information content (AvgIpc) is 2.16. The Kier molecular flexibility index (Phi) is 3.84. The minimum absolute atomic E-state index is 0.00376. The number of rotatable bonds is 4. The van der Waals surface area contributed by atoms with Crippen LogP contribution in [0.15, 0.2) is 29.2 Å². The highest BCUT2D eigenvalue weighted by molar-refractivity contribution is 7.86. The molecular weight excluding hydrogens is 214 g/mol. The maximum Gasteiger partial charge on any atom is 0.297 e. The highest BCUT2D eigenvalue weighted by Gasteiger charge is 2.15. The Bertz CT molecular complexity index is 409. The molecule has 0 aliphatic carbocycles. The van der Waals surface area contributed by atoms with Crippen LogP contribution in [0, 0.1) is 6.92 Å². The van der Waals surface area contributed by atoms with Crippen LogP contribution < -0.4 is 5.73 Å². The molecule has 0 aliphatic rings. The molecule has 0 aromatic heterocycles. The molecule has 0 heterocycles. The Morgan fingerprint density at radius 1 is 1.33 bits per heavy atom. The first kappa shape index (κ1) is 12.2. The first-order valence-electron chi connectivity index (χ1n) is 4.63. The van der Waals surface area contributed by atoms with Crippen LogP contribution in [-0.2, 0) is 14.3 Å². The van der Waals surface area contributed by atoms with Crippen molar-refractivity contribution < 1.29 is 12.6 Å². The van der Waals surface area contributed by atoms with Crippen molar-refractivity contribution in [3.05, 3.63) is 29.8 Å². The van der Waals surface area contributed by atoms with Gasteiger partial charge in [-0.2, -0.15) is 8.42 Å². The highest BCUT2D eigenvalue weighted by Crippen LogP contribution is 2.13. The van der Waals surface area contributed by atoms with Crippen molar-refractivity contribution >= 4 is 10.1 Å². The molecule has 2 N–H and O–H groups in total. The predicted molar refractivity (Wildman–Crippen MR) is 58.0 cm³/mol. The molecule has 1 atom stereocenters. The Morgan fingerprint density at radius 3 is 2.33 bits per heavy atom. The standard InChI is InChI=1S/C10H15NO3S/c1-8-3-5-10(6-4-8)15(12,13)14-7-9(2)11/h3-6,9H,7,11H2,1-2H3/t9-/m0/s1. The summed E-state index contributed by atoms with van der Waals surface area (Å²) in [4.78, 5) is 0.161. The summed E-state index contributed by atoms with van der Waals surface area (Å²) in [5.41, 5.74) is 6.41. The predicted octanol–water partition coefficient (Wildman–Crippen LogP) is 1.05. The molecule has 0 fully saturated rings. The van der Waals surface area contributed by atoms with Gasteiger partial charge in [-0.3, -0.25) is 4.18 Å². The summed E-state index contributed by atoms with van der Waals surface area (Å²) < 4.78 is 27.9. The topological polar surface area (TPSA) is 69.4 Å². The zero-order valence-electron chi connectivity index (χ0n) is 8.80. The average molecular weight is 229 g/mol. The van der Waals surface area contributed by atoms with E-state index in [2.05, 4.69) is 0 Å². The minimum Gasteiger partial charge on any atom is -0.326 e. The van der Waals surface area contributed by atoms with Gasteiger partial charge in [0.2, 0.25) is 0 Å². The van der Waals surface area contributed by atoms with Crippen molar-refractivity contribution in [2.75, 3.05) is 6.61 Å². The summed E-state index contributed by atoms with van der Waals surface area (Å²) in [6.07, 6.45) is 0. The van der Waals surface area contributed by atoms with Crippen LogP contribution in [0.2, 0.25) is 0 Å². The van der Waals surface area contributed by atoms with Crippen molar-refractivity contribution in [1.82, 2.24) is 0 Å². The fourth-order valence-corrected chi connectivity index (χ4v) is 1.97. The summed E-state index contributed by atoms with van der Waals surface area (Å²) >= 11 is 0. The quantitative estimate of drug-likeness (QED) is 0.783. The largest absolute Gasteiger partial charge is 0.326 e. The molecule has 0 amide bonds. The molecule has 1 rings (SSSR count). The molecule has 84 valence electrons. The maximum absolute atomic E-state index is 11.6. The van der Waals surface area contributed by atoms with E-state index in [1.165, 1.54) is 12.1 Å². The van der Waals surface area contributed by atoms with Crippen molar-refractivity contribution in [2.24, 2.45) is 5.73 Å². The lowest BCUT2D eigenvalue weighted by atomic mass is 10.2. The van der Waals surface area contributed by atoms with Gasteiger partial charge in [-0.1, -0.05) is 17.7 Å². The van der Waals surface area contributed by atoms with Crippen LogP contribution in [0.25, 0.3) is 0 Å². The van der Waals surface area contributed by atoms with E-state index >= 15 is 0 Å². The first-order valence-corrected chi connectivity index (χ1v) is 6.04. The number of aryl methyl sites for hydroxylation is 1. The van der Waals surface area contributed by atoms with Gasteiger partial charge in [0.05, 0.1) is 11.5 Å². The monoisotopic (exact) mass is 229 g/mol. The molecule has 1 aromatic rings. The minimum atomic E-state index is -3.65. The molecule has 5 heteroatoms. The molecule has 0 radical (unpaired) electrons. The van der Waals surface area contributed by atoms with Crippen molar-refractivity contribution in [2.45, 2.75) is 24.8 Å². The molecule has 4 nitrogen and oxygen atoms in total. The van der Waals surface area contributed by atoms with E-state index < -0.39 is 10.1 Å². The zero-order valence-corrected chi connectivity index (χ0v) is 9.62. The third kappa shape index (κ3) is 3.62. The summed E-state index contributed by atoms with van der Waals surface area (Å²) in [5.74, 6) is 0. The van der Waals surface area contributed by atoms with Crippen molar-refractivity contribution in [1.29, 1.82) is 0 Å². The fraction of sp³-hybridized carbons (Fsp3) is 0.400. The van der Waals surface area contributed by atoms with E-state index in [1.54, 1.807) is 19.1 Å². The fourth-order valence-electron chi connectivity index (χ4n) is 0.970. The molecular formula is C10H15NO3S. The molecule has 0 saturated carbocycles. The summed E-state index contributed by atoms with van der Waals surface area (Å²) in [7, 11) is -3.65. The van der Waals surface area contributed by atoms with Crippen LogP contribution in [0.5, 0.6) is 0 Å². The summed E-state index contributed by atoms with van der Waals surface area (Å²) in [5, 5.41) is 0. The second-order valence-electron chi connectivity index (χ2n) is 3.53. The lowest BCUT2D eigenvalue weighted by Gasteiger charge is -2.07. The number of hydrogen-bond donors (Lipinski definition) is 1. The van der Waals surface area contributed by atoms with Gasteiger partial charge in [0.25, 0.3) is 10.1 Å². The molecule has 15 heavy (non-hydrogen) atoms. The number of nitrogens with two attached hydrogens (primary N) is 1. The first-order chi connectivity index (χ1) is 6.92. The van der Waals surface area contributed by atoms with Crippen LogP contribution in [-0.4, -0.2) is 21.1 Å². The van der Waals surface area contributed by atoms with E-state index in [9.17, 15) is 8.42 Å². The van der Waals surface area contributed by atoms with Crippen LogP contribution >= 0.6 is 0 Å². The van der Waals surface area contributed by atoms with Gasteiger partial charge in [-0.05, 0) is 26.0 Å².